The van der Waals surface area contributed by atoms with Crippen molar-refractivity contribution in [2.75, 3.05) is 5.75 Å². The quantitative estimate of drug-likeness (QED) is 0.756. The molecule has 7 heteroatoms. The molecule has 0 unspecified atom stereocenters. The molecular formula is C11H18N4O2S. The van der Waals surface area contributed by atoms with Crippen molar-refractivity contribution in [3.8, 4) is 0 Å². The molecule has 1 aromatic rings. The zero-order valence-electron chi connectivity index (χ0n) is 10.6. The van der Waals surface area contributed by atoms with Crippen LogP contribution >= 0.6 is 11.8 Å². The molecule has 1 saturated carbocycles. The maximum absolute atomic E-state index is 11.1. The van der Waals surface area contributed by atoms with Gasteiger partial charge in [0.25, 0.3) is 0 Å². The van der Waals surface area contributed by atoms with Gasteiger partial charge in [-0.3, -0.25) is 4.79 Å². The van der Waals surface area contributed by atoms with Crippen LogP contribution in [0.15, 0.2) is 5.16 Å². The van der Waals surface area contributed by atoms with Crippen molar-refractivity contribution in [2.24, 2.45) is 11.1 Å². The Hall–Kier alpha value is -1.08. The summed E-state index contributed by atoms with van der Waals surface area (Å²) in [6.45, 7) is 3.79. The Balaban J connectivity index is 2.10. The number of hydrogen-bond donors (Lipinski definition) is 2. The number of carbonyl (C=O) groups is 1. The Morgan fingerprint density at radius 3 is 2.72 bits per heavy atom. The summed E-state index contributed by atoms with van der Waals surface area (Å²) >= 11 is 1.44. The third kappa shape index (κ3) is 2.67. The van der Waals surface area contributed by atoms with Gasteiger partial charge in [0, 0.05) is 11.8 Å². The number of aliphatic carboxylic acids is 1. The van der Waals surface area contributed by atoms with Crippen LogP contribution in [0.3, 0.4) is 0 Å². The molecule has 6 nitrogen and oxygen atoms in total. The average Bonchev–Trinajstić information content (AvgIpc) is 3.06. The topological polar surface area (TPSA) is 94.0 Å². The van der Waals surface area contributed by atoms with Gasteiger partial charge in [0.1, 0.15) is 5.82 Å². The van der Waals surface area contributed by atoms with Crippen molar-refractivity contribution in [3.05, 3.63) is 5.82 Å². The first-order chi connectivity index (χ1) is 8.45. The molecule has 2 rings (SSSR count). The van der Waals surface area contributed by atoms with E-state index in [1.165, 1.54) is 11.8 Å². The van der Waals surface area contributed by atoms with E-state index in [1.54, 1.807) is 13.8 Å². The zero-order valence-corrected chi connectivity index (χ0v) is 11.4. The van der Waals surface area contributed by atoms with Crippen LogP contribution in [-0.4, -0.2) is 31.6 Å². The maximum atomic E-state index is 11.1. The monoisotopic (exact) mass is 270 g/mol. The standard InChI is InChI=1S/C11H18N4O2S/c1-11(2,9(16)17)6-18-10-14-13-8(5-12)15(10)7-3-4-7/h7H,3-6,12H2,1-2H3,(H,16,17). The number of rotatable bonds is 6. The SMILES string of the molecule is CC(C)(CSc1nnc(CN)n1C1CC1)C(=O)O. The van der Waals surface area contributed by atoms with E-state index >= 15 is 0 Å². The van der Waals surface area contributed by atoms with Crippen LogP contribution in [0.4, 0.5) is 0 Å². The van der Waals surface area contributed by atoms with Crippen molar-refractivity contribution >= 4 is 17.7 Å². The number of hydrogen-bond acceptors (Lipinski definition) is 5. The van der Waals surface area contributed by atoms with Gasteiger partial charge in [-0.2, -0.15) is 0 Å². The predicted molar refractivity (Wildman–Crippen MR) is 68.3 cm³/mol. The predicted octanol–water partition coefficient (Wildman–Crippen LogP) is 1.27. The van der Waals surface area contributed by atoms with E-state index in [1.807, 2.05) is 0 Å². The summed E-state index contributed by atoms with van der Waals surface area (Å²) in [6.07, 6.45) is 2.25. The molecule has 3 N–H and O–H groups in total. The van der Waals surface area contributed by atoms with Crippen LogP contribution in [0.25, 0.3) is 0 Å². The number of carboxylic acids is 1. The van der Waals surface area contributed by atoms with Crippen molar-refractivity contribution in [1.29, 1.82) is 0 Å². The van der Waals surface area contributed by atoms with Crippen molar-refractivity contribution in [3.63, 3.8) is 0 Å². The van der Waals surface area contributed by atoms with Gasteiger partial charge < -0.3 is 15.4 Å². The Morgan fingerprint density at radius 2 is 2.22 bits per heavy atom. The van der Waals surface area contributed by atoms with Gasteiger partial charge in [-0.15, -0.1) is 10.2 Å². The largest absolute Gasteiger partial charge is 0.481 e. The van der Waals surface area contributed by atoms with E-state index < -0.39 is 11.4 Å². The summed E-state index contributed by atoms with van der Waals surface area (Å²) < 4.78 is 2.06. The third-order valence-electron chi connectivity index (χ3n) is 2.97. The smallest absolute Gasteiger partial charge is 0.309 e. The molecule has 0 spiro atoms. The summed E-state index contributed by atoms with van der Waals surface area (Å²) in [5, 5.41) is 18.0. The van der Waals surface area contributed by atoms with Gasteiger partial charge in [0.05, 0.1) is 12.0 Å². The second kappa shape index (κ2) is 4.89. The lowest BCUT2D eigenvalue weighted by atomic mass is 9.97. The van der Waals surface area contributed by atoms with E-state index in [4.69, 9.17) is 10.8 Å². The van der Waals surface area contributed by atoms with E-state index in [-0.39, 0.29) is 0 Å². The molecule has 18 heavy (non-hydrogen) atoms. The number of aromatic nitrogens is 3. The van der Waals surface area contributed by atoms with Gasteiger partial charge in [-0.1, -0.05) is 11.8 Å². The van der Waals surface area contributed by atoms with E-state index in [9.17, 15) is 4.79 Å². The summed E-state index contributed by atoms with van der Waals surface area (Å²) in [5.41, 5.74) is 4.86. The number of carboxylic acid groups (broad SMARTS) is 1. The van der Waals surface area contributed by atoms with Crippen LogP contribution in [0, 0.1) is 5.41 Å². The number of nitrogens with zero attached hydrogens (tertiary/aromatic N) is 3. The van der Waals surface area contributed by atoms with Crippen molar-refractivity contribution in [1.82, 2.24) is 14.8 Å². The molecule has 0 bridgehead atoms. The lowest BCUT2D eigenvalue weighted by molar-refractivity contribution is -0.145. The minimum Gasteiger partial charge on any atom is -0.481 e. The Kier molecular flexibility index (Phi) is 3.63. The average molecular weight is 270 g/mol. The van der Waals surface area contributed by atoms with Gasteiger partial charge in [0.2, 0.25) is 0 Å². The molecule has 1 fully saturated rings. The first kappa shape index (κ1) is 13.4. The summed E-state index contributed by atoms with van der Waals surface area (Å²) in [5.74, 6) is 0.456. The fourth-order valence-electron chi connectivity index (χ4n) is 1.55. The lowest BCUT2D eigenvalue weighted by Gasteiger charge is -2.18. The Morgan fingerprint density at radius 1 is 1.56 bits per heavy atom. The van der Waals surface area contributed by atoms with Crippen LogP contribution < -0.4 is 5.73 Å². The molecule has 1 aliphatic rings. The minimum absolute atomic E-state index is 0.367. The molecule has 0 radical (unpaired) electrons. The molecule has 0 aliphatic heterocycles. The van der Waals surface area contributed by atoms with Crippen LogP contribution in [0.2, 0.25) is 0 Å². The highest BCUT2D eigenvalue weighted by molar-refractivity contribution is 7.99. The van der Waals surface area contributed by atoms with Gasteiger partial charge in [-0.25, -0.2) is 0 Å². The fraction of sp³-hybridized carbons (Fsp3) is 0.727. The molecule has 0 amide bonds. The maximum Gasteiger partial charge on any atom is 0.309 e. The zero-order chi connectivity index (χ0) is 13.3. The van der Waals surface area contributed by atoms with E-state index in [2.05, 4.69) is 14.8 Å². The second-order valence-electron chi connectivity index (χ2n) is 5.18. The molecule has 1 aliphatic carbocycles. The Bertz CT molecular complexity index is 454. The first-order valence-electron chi connectivity index (χ1n) is 5.96. The van der Waals surface area contributed by atoms with Crippen molar-refractivity contribution < 1.29 is 9.90 Å². The highest BCUT2D eigenvalue weighted by Crippen LogP contribution is 2.39. The molecule has 0 saturated heterocycles. The van der Waals surface area contributed by atoms with Crippen LogP contribution in [0.1, 0.15) is 38.6 Å². The molecule has 0 aromatic carbocycles. The fourth-order valence-corrected chi connectivity index (χ4v) is 2.66. The van der Waals surface area contributed by atoms with Crippen molar-refractivity contribution in [2.45, 2.75) is 44.4 Å². The Labute approximate surface area is 110 Å². The molecular weight excluding hydrogens is 252 g/mol. The lowest BCUT2D eigenvalue weighted by Crippen LogP contribution is -2.26. The summed E-state index contributed by atoms with van der Waals surface area (Å²) in [7, 11) is 0. The normalized spacial score (nSPS) is 15.9. The summed E-state index contributed by atoms with van der Waals surface area (Å²) in [4.78, 5) is 11.1. The molecule has 100 valence electrons. The van der Waals surface area contributed by atoms with Gasteiger partial charge in [0.15, 0.2) is 5.16 Å². The highest BCUT2D eigenvalue weighted by atomic mass is 32.2. The highest BCUT2D eigenvalue weighted by Gasteiger charge is 2.32. The molecule has 0 atom stereocenters. The number of thioether (sulfide) groups is 1. The van der Waals surface area contributed by atoms with Crippen LogP contribution in [0.5, 0.6) is 0 Å². The molecule has 1 heterocycles. The van der Waals surface area contributed by atoms with Gasteiger partial charge in [-0.05, 0) is 26.7 Å². The number of nitrogens with two attached hydrogens (primary N) is 1. The summed E-state index contributed by atoms with van der Waals surface area (Å²) in [6, 6.07) is 0.453. The van der Waals surface area contributed by atoms with Crippen LogP contribution in [-0.2, 0) is 11.3 Å². The van der Waals surface area contributed by atoms with E-state index in [0.29, 0.717) is 18.3 Å². The van der Waals surface area contributed by atoms with Gasteiger partial charge >= 0.3 is 5.97 Å². The van der Waals surface area contributed by atoms with E-state index in [0.717, 1.165) is 23.8 Å². The third-order valence-corrected chi connectivity index (χ3v) is 4.37. The molecule has 1 aromatic heterocycles. The first-order valence-corrected chi connectivity index (χ1v) is 6.94. The minimum atomic E-state index is -0.800. The second-order valence-corrected chi connectivity index (χ2v) is 6.12.